The highest BCUT2D eigenvalue weighted by Crippen LogP contribution is 2.18. The van der Waals surface area contributed by atoms with Crippen LogP contribution < -0.4 is 16.1 Å². The Hall–Kier alpha value is -2.46. The van der Waals surface area contributed by atoms with Gasteiger partial charge in [0.05, 0.1) is 0 Å². The molecule has 2 aromatic rings. The van der Waals surface area contributed by atoms with Gasteiger partial charge in [-0.15, -0.1) is 0 Å². The Labute approximate surface area is 138 Å². The van der Waals surface area contributed by atoms with Gasteiger partial charge in [0.2, 0.25) is 10.0 Å². The van der Waals surface area contributed by atoms with Gasteiger partial charge in [-0.3, -0.25) is 9.78 Å². The van der Waals surface area contributed by atoms with Gasteiger partial charge in [-0.25, -0.2) is 18.2 Å². The van der Waals surface area contributed by atoms with Gasteiger partial charge in [-0.2, -0.15) is 4.31 Å². The fourth-order valence-corrected chi connectivity index (χ4v) is 4.35. The molecule has 1 saturated heterocycles. The lowest BCUT2D eigenvalue weighted by molar-refractivity contribution is 0.382. The van der Waals surface area contributed by atoms with Crippen LogP contribution in [0.3, 0.4) is 0 Å². The molecule has 2 aromatic heterocycles. The fourth-order valence-electron chi connectivity index (χ4n) is 2.73. The number of piperazine rings is 1. The summed E-state index contributed by atoms with van der Waals surface area (Å²) in [5.74, 6) is 0.785. The minimum Gasteiger partial charge on any atom is -0.354 e. The van der Waals surface area contributed by atoms with Crippen molar-refractivity contribution in [2.75, 3.05) is 31.1 Å². The zero-order chi connectivity index (χ0) is 17.3. The summed E-state index contributed by atoms with van der Waals surface area (Å²) in [7, 11) is -3.97. The molecule has 0 atom stereocenters. The Morgan fingerprint density at radius 3 is 2.38 bits per heavy atom. The molecule has 9 nitrogen and oxygen atoms in total. The molecule has 0 spiro atoms. The number of hydrogen-bond acceptors (Lipinski definition) is 6. The number of hydrogen-bond donors (Lipinski definition) is 2. The highest BCUT2D eigenvalue weighted by Gasteiger charge is 2.32. The van der Waals surface area contributed by atoms with Crippen LogP contribution >= 0.6 is 0 Å². The third kappa shape index (κ3) is 2.97. The maximum absolute atomic E-state index is 12.7. The minimum atomic E-state index is -3.97. The van der Waals surface area contributed by atoms with Gasteiger partial charge < -0.3 is 9.88 Å². The van der Waals surface area contributed by atoms with Crippen LogP contribution in [-0.4, -0.2) is 53.9 Å². The fraction of sp³-hybridized carbons (Fsp3) is 0.357. The Morgan fingerprint density at radius 1 is 1.08 bits per heavy atom. The van der Waals surface area contributed by atoms with E-state index in [1.165, 1.54) is 11.2 Å². The van der Waals surface area contributed by atoms with E-state index < -0.39 is 26.2 Å². The second-order valence-corrected chi connectivity index (χ2v) is 7.32. The van der Waals surface area contributed by atoms with Crippen molar-refractivity contribution in [1.29, 1.82) is 0 Å². The largest absolute Gasteiger partial charge is 0.354 e. The summed E-state index contributed by atoms with van der Waals surface area (Å²) in [4.78, 5) is 33.3. The normalized spacial score (nSPS) is 16.3. The lowest BCUT2D eigenvalue weighted by Gasteiger charge is -2.34. The van der Waals surface area contributed by atoms with Crippen LogP contribution in [0.4, 0.5) is 5.82 Å². The van der Waals surface area contributed by atoms with Crippen molar-refractivity contribution in [3.05, 3.63) is 50.9 Å². The van der Waals surface area contributed by atoms with Gasteiger partial charge in [0.15, 0.2) is 4.90 Å². The van der Waals surface area contributed by atoms with Crippen molar-refractivity contribution in [2.24, 2.45) is 0 Å². The minimum absolute atomic E-state index is 0.0379. The van der Waals surface area contributed by atoms with E-state index in [0.29, 0.717) is 13.1 Å². The van der Waals surface area contributed by atoms with Crippen LogP contribution in [0.2, 0.25) is 0 Å². The first-order valence-electron chi connectivity index (χ1n) is 7.39. The molecule has 0 unspecified atom stereocenters. The van der Waals surface area contributed by atoms with Crippen LogP contribution in [0.15, 0.2) is 38.9 Å². The number of aryl methyl sites for hydroxylation is 1. The van der Waals surface area contributed by atoms with E-state index in [9.17, 15) is 18.0 Å². The number of pyridine rings is 1. The average molecular weight is 351 g/mol. The number of H-pyrrole nitrogens is 2. The molecule has 10 heteroatoms. The predicted octanol–water partition coefficient (Wildman–Crippen LogP) is -0.722. The van der Waals surface area contributed by atoms with Crippen LogP contribution in [0.25, 0.3) is 0 Å². The van der Waals surface area contributed by atoms with E-state index in [1.54, 1.807) is 6.20 Å². The molecule has 0 aliphatic carbocycles. The lowest BCUT2D eigenvalue weighted by Crippen LogP contribution is -2.50. The van der Waals surface area contributed by atoms with Crippen molar-refractivity contribution in [3.63, 3.8) is 0 Å². The highest BCUT2D eigenvalue weighted by molar-refractivity contribution is 7.89. The third-order valence-corrected chi connectivity index (χ3v) is 5.94. The Morgan fingerprint density at radius 2 is 1.79 bits per heavy atom. The van der Waals surface area contributed by atoms with E-state index in [1.807, 2.05) is 28.1 Å². The van der Waals surface area contributed by atoms with Gasteiger partial charge in [0.1, 0.15) is 5.82 Å². The Bertz CT molecular complexity index is 943. The molecule has 0 aromatic carbocycles. The maximum atomic E-state index is 12.7. The molecule has 2 N–H and O–H groups in total. The van der Waals surface area contributed by atoms with Gasteiger partial charge in [0.25, 0.3) is 5.56 Å². The van der Waals surface area contributed by atoms with Gasteiger partial charge in [0, 0.05) is 38.1 Å². The van der Waals surface area contributed by atoms with E-state index in [4.69, 9.17) is 0 Å². The summed E-state index contributed by atoms with van der Waals surface area (Å²) in [5, 5.41) is 0. The molecule has 1 aliphatic rings. The number of sulfonamides is 1. The SMILES string of the molecule is Cc1[nH]c(=O)[nH]c(=O)c1S(=O)(=O)N1CCN(c2ccccn2)CC1. The van der Waals surface area contributed by atoms with Crippen LogP contribution in [0.1, 0.15) is 5.69 Å². The van der Waals surface area contributed by atoms with E-state index in [-0.39, 0.29) is 18.8 Å². The van der Waals surface area contributed by atoms with Crippen molar-refractivity contribution in [1.82, 2.24) is 19.3 Å². The predicted molar refractivity (Wildman–Crippen MR) is 87.6 cm³/mol. The van der Waals surface area contributed by atoms with Gasteiger partial charge in [-0.1, -0.05) is 6.07 Å². The topological polar surface area (TPSA) is 119 Å². The molecule has 1 fully saturated rings. The first-order valence-corrected chi connectivity index (χ1v) is 8.83. The third-order valence-electron chi connectivity index (χ3n) is 3.88. The zero-order valence-corrected chi connectivity index (χ0v) is 13.8. The first kappa shape index (κ1) is 16.4. The number of nitrogens with zero attached hydrogens (tertiary/aromatic N) is 3. The smallest absolute Gasteiger partial charge is 0.325 e. The first-order chi connectivity index (χ1) is 11.4. The molecule has 3 heterocycles. The number of aromatic nitrogens is 3. The number of aromatic amines is 2. The molecule has 128 valence electrons. The molecule has 0 amide bonds. The number of nitrogens with one attached hydrogen (secondary N) is 2. The quantitative estimate of drug-likeness (QED) is 0.753. The molecule has 1 aliphatic heterocycles. The summed E-state index contributed by atoms with van der Waals surface area (Å²) < 4.78 is 26.7. The molecule has 3 rings (SSSR count). The second-order valence-electron chi connectivity index (χ2n) is 5.44. The van der Waals surface area contributed by atoms with E-state index >= 15 is 0 Å². The van der Waals surface area contributed by atoms with Gasteiger partial charge in [-0.05, 0) is 19.1 Å². The summed E-state index contributed by atoms with van der Waals surface area (Å²) >= 11 is 0. The molecule has 0 bridgehead atoms. The summed E-state index contributed by atoms with van der Waals surface area (Å²) in [5.41, 5.74) is -1.59. The molecular formula is C14H17N5O4S. The van der Waals surface area contributed by atoms with Crippen molar-refractivity contribution >= 4 is 15.8 Å². The monoisotopic (exact) mass is 351 g/mol. The van der Waals surface area contributed by atoms with E-state index in [2.05, 4.69) is 9.97 Å². The maximum Gasteiger partial charge on any atom is 0.325 e. The molecule has 0 radical (unpaired) electrons. The highest BCUT2D eigenvalue weighted by atomic mass is 32.2. The lowest BCUT2D eigenvalue weighted by atomic mass is 10.3. The summed E-state index contributed by atoms with van der Waals surface area (Å²) in [6.45, 7) is 2.80. The molecule has 0 saturated carbocycles. The van der Waals surface area contributed by atoms with Crippen molar-refractivity contribution in [3.8, 4) is 0 Å². The van der Waals surface area contributed by atoms with Crippen LogP contribution in [0.5, 0.6) is 0 Å². The Balaban J connectivity index is 1.84. The number of rotatable bonds is 3. The summed E-state index contributed by atoms with van der Waals surface area (Å²) in [6, 6.07) is 5.55. The molecular weight excluding hydrogens is 334 g/mol. The molecule has 24 heavy (non-hydrogen) atoms. The summed E-state index contributed by atoms with van der Waals surface area (Å²) in [6.07, 6.45) is 1.68. The van der Waals surface area contributed by atoms with Crippen LogP contribution in [-0.2, 0) is 10.0 Å². The Kier molecular flexibility index (Phi) is 4.24. The standard InChI is InChI=1S/C14H17N5O4S/c1-10-12(13(20)17-14(21)16-10)24(22,23)19-8-6-18(7-9-19)11-4-2-3-5-15-11/h2-5H,6-9H2,1H3,(H2,16,17,20,21). The van der Waals surface area contributed by atoms with Gasteiger partial charge >= 0.3 is 5.69 Å². The average Bonchev–Trinajstić information content (AvgIpc) is 2.54. The number of anilines is 1. The van der Waals surface area contributed by atoms with Crippen molar-refractivity contribution < 1.29 is 8.42 Å². The van der Waals surface area contributed by atoms with E-state index in [0.717, 1.165) is 5.82 Å². The second kappa shape index (κ2) is 6.21. The van der Waals surface area contributed by atoms with Crippen molar-refractivity contribution in [2.45, 2.75) is 11.8 Å². The van der Waals surface area contributed by atoms with Crippen LogP contribution in [0, 0.1) is 6.92 Å². The zero-order valence-electron chi connectivity index (χ0n) is 13.0.